The number of hydrogen-bond acceptors (Lipinski definition) is 9. The van der Waals surface area contributed by atoms with E-state index in [1.165, 1.54) is 12.4 Å². The Morgan fingerprint density at radius 2 is 2.00 bits per heavy atom. The molecule has 1 aliphatic heterocycles. The average molecular weight is 543 g/mol. The van der Waals surface area contributed by atoms with Crippen molar-refractivity contribution in [3.63, 3.8) is 0 Å². The van der Waals surface area contributed by atoms with Crippen molar-refractivity contribution < 1.29 is 14.3 Å². The van der Waals surface area contributed by atoms with E-state index in [2.05, 4.69) is 36.9 Å². The van der Waals surface area contributed by atoms with Crippen LogP contribution in [0.4, 0.5) is 11.5 Å². The number of piperidine rings is 1. The molecule has 0 bridgehead atoms. The topological polar surface area (TPSA) is 120 Å². The lowest BCUT2D eigenvalue weighted by molar-refractivity contribution is -0.127. The van der Waals surface area contributed by atoms with Crippen LogP contribution in [0.15, 0.2) is 74.0 Å². The average Bonchev–Trinajstić information content (AvgIpc) is 3.43. The largest absolute Gasteiger partial charge is 0.474 e. The van der Waals surface area contributed by atoms with Crippen LogP contribution in [0.25, 0.3) is 16.7 Å². The van der Waals surface area contributed by atoms with Gasteiger partial charge in [-0.2, -0.15) is 5.10 Å². The zero-order chi connectivity index (χ0) is 26.8. The zero-order valence-electron chi connectivity index (χ0n) is 20.7. The molecule has 1 fully saturated rings. The summed E-state index contributed by atoms with van der Waals surface area (Å²) < 4.78 is 13.7. The molecular formula is C27H23ClN8O3. The van der Waals surface area contributed by atoms with Gasteiger partial charge in [0.2, 0.25) is 11.8 Å². The van der Waals surface area contributed by atoms with Gasteiger partial charge in [-0.1, -0.05) is 18.2 Å². The molecule has 0 aliphatic carbocycles. The first-order valence-corrected chi connectivity index (χ1v) is 12.7. The molecule has 1 N–H and O–H groups in total. The van der Waals surface area contributed by atoms with Crippen molar-refractivity contribution in [2.45, 2.75) is 18.9 Å². The van der Waals surface area contributed by atoms with E-state index in [0.717, 1.165) is 0 Å². The fourth-order valence-corrected chi connectivity index (χ4v) is 4.57. The Morgan fingerprint density at radius 1 is 1.13 bits per heavy atom. The highest BCUT2D eigenvalue weighted by Crippen LogP contribution is 2.33. The molecule has 1 saturated heterocycles. The fraction of sp³-hybridized carbons (Fsp3) is 0.185. The molecular weight excluding hydrogens is 520 g/mol. The fourth-order valence-electron chi connectivity index (χ4n) is 4.35. The Balaban J connectivity index is 1.17. The molecule has 1 aliphatic rings. The van der Waals surface area contributed by atoms with Gasteiger partial charge in [0.05, 0.1) is 16.7 Å². The molecule has 39 heavy (non-hydrogen) atoms. The third-order valence-electron chi connectivity index (χ3n) is 6.32. The van der Waals surface area contributed by atoms with Crippen molar-refractivity contribution in [1.82, 2.24) is 34.4 Å². The summed E-state index contributed by atoms with van der Waals surface area (Å²) in [6.07, 6.45) is 9.22. The number of ether oxygens (including phenoxy) is 2. The first-order chi connectivity index (χ1) is 19.1. The Morgan fingerprint density at radius 3 is 2.82 bits per heavy atom. The van der Waals surface area contributed by atoms with Crippen molar-refractivity contribution in [3.05, 3.63) is 79.0 Å². The molecule has 1 aromatic carbocycles. The lowest BCUT2D eigenvalue weighted by atomic mass is 10.1. The number of halogens is 1. The van der Waals surface area contributed by atoms with Crippen LogP contribution in [-0.2, 0) is 4.79 Å². The molecule has 0 saturated carbocycles. The zero-order valence-corrected chi connectivity index (χ0v) is 21.5. The van der Waals surface area contributed by atoms with Crippen molar-refractivity contribution in [2.75, 3.05) is 18.4 Å². The van der Waals surface area contributed by atoms with E-state index in [4.69, 9.17) is 21.1 Å². The number of carbonyl (C=O) groups is 1. The number of nitrogens with zero attached hydrogens (tertiary/aromatic N) is 7. The van der Waals surface area contributed by atoms with Crippen LogP contribution < -0.4 is 14.8 Å². The SMILES string of the molecule is C=CC(=O)N1CCC(Oc2ccc3ncnc(Nc4ccc(Oc5cnn6ccnc6c5)c(Cl)c4)c3n2)CC1. The summed E-state index contributed by atoms with van der Waals surface area (Å²) in [5, 5.41) is 7.92. The van der Waals surface area contributed by atoms with Crippen molar-refractivity contribution >= 4 is 45.7 Å². The standard InChI is InChI=1S/C27H23ClN8O3/c1-2-25(37)35-10-7-18(8-11-35)39-24-6-4-21-26(34-24)27(31-16-30-21)33-17-3-5-22(20(28)13-17)38-19-14-23-29-9-12-36(23)32-15-19/h2-6,9,12-16,18H,1,7-8,10-11H2,(H,30,31,33). The Hall–Kier alpha value is -4.77. The summed E-state index contributed by atoms with van der Waals surface area (Å²) in [7, 11) is 0. The minimum absolute atomic E-state index is 0.0411. The van der Waals surface area contributed by atoms with E-state index < -0.39 is 0 Å². The number of likely N-dealkylation sites (tertiary alicyclic amines) is 1. The Bertz CT molecular complexity index is 1680. The molecule has 5 aromatic rings. The molecule has 1 amide bonds. The van der Waals surface area contributed by atoms with E-state index in [1.807, 2.05) is 12.1 Å². The third kappa shape index (κ3) is 5.30. The molecule has 0 atom stereocenters. The summed E-state index contributed by atoms with van der Waals surface area (Å²) in [5.41, 5.74) is 2.59. The quantitative estimate of drug-likeness (QED) is 0.289. The van der Waals surface area contributed by atoms with Gasteiger partial charge in [0, 0.05) is 56.1 Å². The number of aromatic nitrogens is 6. The van der Waals surface area contributed by atoms with E-state index in [-0.39, 0.29) is 12.0 Å². The van der Waals surface area contributed by atoms with Gasteiger partial charge in [-0.3, -0.25) is 4.79 Å². The Labute approximate surface area is 228 Å². The number of nitrogens with one attached hydrogen (secondary N) is 1. The number of amides is 1. The van der Waals surface area contributed by atoms with Gasteiger partial charge in [-0.05, 0) is 30.3 Å². The summed E-state index contributed by atoms with van der Waals surface area (Å²) in [5.74, 6) is 1.92. The summed E-state index contributed by atoms with van der Waals surface area (Å²) >= 11 is 6.53. The van der Waals surface area contributed by atoms with E-state index >= 15 is 0 Å². The highest BCUT2D eigenvalue weighted by molar-refractivity contribution is 6.32. The van der Waals surface area contributed by atoms with Crippen LogP contribution in [0, 0.1) is 0 Å². The predicted octanol–water partition coefficient (Wildman–Crippen LogP) is 4.81. The van der Waals surface area contributed by atoms with Crippen LogP contribution >= 0.6 is 11.6 Å². The van der Waals surface area contributed by atoms with Gasteiger partial charge in [0.1, 0.15) is 23.7 Å². The second-order valence-corrected chi connectivity index (χ2v) is 9.29. The molecule has 12 heteroatoms. The maximum atomic E-state index is 11.8. The number of anilines is 2. The van der Waals surface area contributed by atoms with E-state index in [0.29, 0.717) is 76.5 Å². The number of carbonyl (C=O) groups excluding carboxylic acids is 1. The normalized spacial score (nSPS) is 13.9. The minimum atomic E-state index is -0.0577. The van der Waals surface area contributed by atoms with Gasteiger partial charge in [-0.15, -0.1) is 0 Å². The van der Waals surface area contributed by atoms with Crippen LogP contribution in [-0.4, -0.2) is 59.6 Å². The molecule has 196 valence electrons. The predicted molar refractivity (Wildman–Crippen MR) is 146 cm³/mol. The number of pyridine rings is 1. The number of benzene rings is 1. The molecule has 0 spiro atoms. The van der Waals surface area contributed by atoms with Crippen molar-refractivity contribution in [1.29, 1.82) is 0 Å². The number of fused-ring (bicyclic) bond motifs is 2. The van der Waals surface area contributed by atoms with Crippen LogP contribution in [0.2, 0.25) is 5.02 Å². The van der Waals surface area contributed by atoms with Gasteiger partial charge >= 0.3 is 0 Å². The maximum Gasteiger partial charge on any atom is 0.245 e. The number of imidazole rings is 1. The Kier molecular flexibility index (Phi) is 6.64. The molecule has 0 radical (unpaired) electrons. The first kappa shape index (κ1) is 24.6. The maximum absolute atomic E-state index is 11.8. The lowest BCUT2D eigenvalue weighted by Gasteiger charge is -2.31. The second kappa shape index (κ2) is 10.5. The van der Waals surface area contributed by atoms with Crippen molar-refractivity contribution in [2.24, 2.45) is 0 Å². The second-order valence-electron chi connectivity index (χ2n) is 8.88. The summed E-state index contributed by atoms with van der Waals surface area (Å²) in [4.78, 5) is 31.2. The van der Waals surface area contributed by atoms with Gasteiger partial charge in [0.15, 0.2) is 17.2 Å². The highest BCUT2D eigenvalue weighted by Gasteiger charge is 2.23. The molecule has 11 nitrogen and oxygen atoms in total. The molecule has 5 heterocycles. The monoisotopic (exact) mass is 542 g/mol. The van der Waals surface area contributed by atoms with Crippen LogP contribution in [0.3, 0.4) is 0 Å². The number of hydrogen-bond donors (Lipinski definition) is 1. The summed E-state index contributed by atoms with van der Waals surface area (Å²) in [6.45, 7) is 4.79. The summed E-state index contributed by atoms with van der Waals surface area (Å²) in [6, 6.07) is 10.7. The molecule has 4 aromatic heterocycles. The van der Waals surface area contributed by atoms with Crippen LogP contribution in [0.5, 0.6) is 17.4 Å². The first-order valence-electron chi connectivity index (χ1n) is 12.3. The third-order valence-corrected chi connectivity index (χ3v) is 6.62. The van der Waals surface area contributed by atoms with Gasteiger partial charge < -0.3 is 19.7 Å². The van der Waals surface area contributed by atoms with Crippen molar-refractivity contribution in [3.8, 4) is 17.4 Å². The minimum Gasteiger partial charge on any atom is -0.474 e. The molecule has 0 unspecified atom stereocenters. The van der Waals surface area contributed by atoms with Gasteiger partial charge in [-0.25, -0.2) is 24.5 Å². The highest BCUT2D eigenvalue weighted by atomic mass is 35.5. The van der Waals surface area contributed by atoms with Gasteiger partial charge in [0.25, 0.3) is 0 Å². The van der Waals surface area contributed by atoms with Crippen LogP contribution in [0.1, 0.15) is 12.8 Å². The molecule has 6 rings (SSSR count). The lowest BCUT2D eigenvalue weighted by Crippen LogP contribution is -2.41. The van der Waals surface area contributed by atoms with E-state index in [9.17, 15) is 4.79 Å². The smallest absolute Gasteiger partial charge is 0.245 e. The number of rotatable bonds is 7. The van der Waals surface area contributed by atoms with E-state index in [1.54, 1.807) is 52.3 Å².